The van der Waals surface area contributed by atoms with Gasteiger partial charge in [0.15, 0.2) is 17.4 Å². The van der Waals surface area contributed by atoms with Crippen molar-refractivity contribution in [3.05, 3.63) is 65.0 Å². The minimum absolute atomic E-state index is 0.0119. The van der Waals surface area contributed by atoms with Gasteiger partial charge in [0.25, 0.3) is 0 Å². The van der Waals surface area contributed by atoms with Crippen molar-refractivity contribution in [2.24, 2.45) is 0 Å². The van der Waals surface area contributed by atoms with Crippen LogP contribution in [-0.2, 0) is 12.5 Å². The number of rotatable bonds is 4. The molecule has 0 spiro atoms. The predicted octanol–water partition coefficient (Wildman–Crippen LogP) is 4.42. The highest BCUT2D eigenvalue weighted by Gasteiger charge is 2.12. The average Bonchev–Trinajstić information content (AvgIpc) is 2.37. The molecule has 0 amide bonds. The van der Waals surface area contributed by atoms with Crippen molar-refractivity contribution >= 4 is 11.6 Å². The van der Waals surface area contributed by atoms with Crippen LogP contribution in [0.1, 0.15) is 11.1 Å². The second-order valence-electron chi connectivity index (χ2n) is 3.94. The van der Waals surface area contributed by atoms with Crippen LogP contribution in [0.15, 0.2) is 36.4 Å². The Morgan fingerprint density at radius 1 is 0.947 bits per heavy atom. The third-order valence-electron chi connectivity index (χ3n) is 2.48. The Morgan fingerprint density at radius 3 is 2.21 bits per heavy atom. The molecule has 0 N–H and O–H groups in total. The van der Waals surface area contributed by atoms with Crippen LogP contribution in [-0.4, -0.2) is 0 Å². The van der Waals surface area contributed by atoms with E-state index in [1.165, 1.54) is 18.2 Å². The molecule has 0 fully saturated rings. The summed E-state index contributed by atoms with van der Waals surface area (Å²) in [5, 5.41) is 0. The molecule has 5 heteroatoms. The van der Waals surface area contributed by atoms with Crippen molar-refractivity contribution in [3.8, 4) is 5.75 Å². The number of halogens is 4. The molecule has 0 heterocycles. The third-order valence-corrected chi connectivity index (χ3v) is 2.79. The van der Waals surface area contributed by atoms with Gasteiger partial charge in [-0.3, -0.25) is 0 Å². The number of hydrogen-bond acceptors (Lipinski definition) is 1. The Bertz CT molecular complexity index is 564. The fourth-order valence-electron chi connectivity index (χ4n) is 1.61. The van der Waals surface area contributed by atoms with Crippen molar-refractivity contribution in [1.29, 1.82) is 0 Å². The predicted molar refractivity (Wildman–Crippen MR) is 66.6 cm³/mol. The van der Waals surface area contributed by atoms with Crippen LogP contribution in [0.4, 0.5) is 13.2 Å². The maximum atomic E-state index is 13.6. The first-order chi connectivity index (χ1) is 9.10. The largest absolute Gasteiger partial charge is 0.483 e. The summed E-state index contributed by atoms with van der Waals surface area (Å²) in [6.45, 7) is -0.119. The molecule has 2 rings (SSSR count). The lowest BCUT2D eigenvalue weighted by Crippen LogP contribution is -2.01. The van der Waals surface area contributed by atoms with Gasteiger partial charge in [0.05, 0.1) is 0 Å². The number of alkyl halides is 1. The van der Waals surface area contributed by atoms with Gasteiger partial charge in [0, 0.05) is 5.88 Å². The first kappa shape index (κ1) is 13.7. The molecule has 100 valence electrons. The summed E-state index contributed by atoms with van der Waals surface area (Å²) in [5.74, 6) is -2.56. The Kier molecular flexibility index (Phi) is 4.32. The van der Waals surface area contributed by atoms with E-state index in [1.54, 1.807) is 6.07 Å². The maximum absolute atomic E-state index is 13.6. The van der Waals surface area contributed by atoms with E-state index in [1.807, 2.05) is 0 Å². The highest BCUT2D eigenvalue weighted by molar-refractivity contribution is 6.17. The third kappa shape index (κ3) is 3.41. The lowest BCUT2D eigenvalue weighted by Gasteiger charge is -2.09. The minimum Gasteiger partial charge on any atom is -0.483 e. The number of hydrogen-bond donors (Lipinski definition) is 0. The smallest absolute Gasteiger partial charge is 0.191 e. The molecule has 0 aliphatic carbocycles. The van der Waals surface area contributed by atoms with Gasteiger partial charge in [-0.15, -0.1) is 11.6 Å². The normalized spacial score (nSPS) is 10.5. The molecule has 0 bridgehead atoms. The van der Waals surface area contributed by atoms with Crippen molar-refractivity contribution in [1.82, 2.24) is 0 Å². The fourth-order valence-corrected chi connectivity index (χ4v) is 1.76. The highest BCUT2D eigenvalue weighted by atomic mass is 35.5. The zero-order valence-electron chi connectivity index (χ0n) is 9.80. The molecule has 1 nitrogen and oxygen atoms in total. The number of ether oxygens (including phenoxy) is 1. The van der Waals surface area contributed by atoms with E-state index in [0.29, 0.717) is 11.1 Å². The van der Waals surface area contributed by atoms with Gasteiger partial charge < -0.3 is 4.74 Å². The Balaban J connectivity index is 2.16. The summed E-state index contributed by atoms with van der Waals surface area (Å²) in [4.78, 5) is 0. The van der Waals surface area contributed by atoms with Gasteiger partial charge in [0.2, 0.25) is 0 Å². The van der Waals surface area contributed by atoms with Gasteiger partial charge in [-0.25, -0.2) is 13.2 Å². The average molecular weight is 287 g/mol. The van der Waals surface area contributed by atoms with E-state index in [0.717, 1.165) is 12.1 Å². The Hall–Kier alpha value is -1.68. The minimum atomic E-state index is -0.827. The molecule has 0 aromatic heterocycles. The summed E-state index contributed by atoms with van der Waals surface area (Å²) in [5.41, 5.74) is 0.815. The first-order valence-electron chi connectivity index (χ1n) is 5.51. The van der Waals surface area contributed by atoms with E-state index < -0.39 is 23.2 Å². The zero-order valence-corrected chi connectivity index (χ0v) is 10.6. The Labute approximate surface area is 113 Å². The highest BCUT2D eigenvalue weighted by Crippen LogP contribution is 2.25. The molecule has 0 aliphatic rings. The summed E-state index contributed by atoms with van der Waals surface area (Å²) >= 11 is 5.50. The first-order valence-corrected chi connectivity index (χ1v) is 6.04. The van der Waals surface area contributed by atoms with E-state index in [9.17, 15) is 13.2 Å². The number of benzene rings is 2. The molecule has 0 aliphatic heterocycles. The van der Waals surface area contributed by atoms with Crippen LogP contribution in [0.2, 0.25) is 0 Å². The van der Waals surface area contributed by atoms with E-state index >= 15 is 0 Å². The molecule has 2 aromatic rings. The molecule has 2 aromatic carbocycles. The summed E-state index contributed by atoms with van der Waals surface area (Å²) in [7, 11) is 0. The molecular formula is C14H10ClF3O. The van der Waals surface area contributed by atoms with Crippen LogP contribution in [0.3, 0.4) is 0 Å². The molecule has 0 radical (unpaired) electrons. The molecule has 0 saturated carbocycles. The SMILES string of the molecule is Fc1cccc(COc2c(F)cc(CCl)cc2F)c1. The van der Waals surface area contributed by atoms with Gasteiger partial charge in [0.1, 0.15) is 12.4 Å². The van der Waals surface area contributed by atoms with Crippen molar-refractivity contribution in [3.63, 3.8) is 0 Å². The topological polar surface area (TPSA) is 9.23 Å². The van der Waals surface area contributed by atoms with Gasteiger partial charge in [-0.2, -0.15) is 0 Å². The van der Waals surface area contributed by atoms with Gasteiger partial charge in [-0.05, 0) is 35.4 Å². The molecule has 0 unspecified atom stereocenters. The van der Waals surface area contributed by atoms with Crippen LogP contribution in [0.25, 0.3) is 0 Å². The van der Waals surface area contributed by atoms with E-state index in [-0.39, 0.29) is 12.5 Å². The second-order valence-corrected chi connectivity index (χ2v) is 4.21. The van der Waals surface area contributed by atoms with Crippen molar-refractivity contribution < 1.29 is 17.9 Å². The molecule has 19 heavy (non-hydrogen) atoms. The Morgan fingerprint density at radius 2 is 1.63 bits per heavy atom. The maximum Gasteiger partial charge on any atom is 0.191 e. The summed E-state index contributed by atoms with van der Waals surface area (Å²) in [6.07, 6.45) is 0. The monoisotopic (exact) mass is 286 g/mol. The molecule has 0 atom stereocenters. The van der Waals surface area contributed by atoms with Crippen molar-refractivity contribution in [2.75, 3.05) is 0 Å². The molecular weight excluding hydrogens is 277 g/mol. The van der Waals surface area contributed by atoms with Crippen LogP contribution < -0.4 is 4.74 Å². The van der Waals surface area contributed by atoms with Gasteiger partial charge >= 0.3 is 0 Å². The summed E-state index contributed by atoms with van der Waals surface area (Å²) in [6, 6.07) is 7.83. The lowest BCUT2D eigenvalue weighted by molar-refractivity contribution is 0.273. The van der Waals surface area contributed by atoms with Crippen LogP contribution >= 0.6 is 11.6 Å². The van der Waals surface area contributed by atoms with E-state index in [4.69, 9.17) is 16.3 Å². The quantitative estimate of drug-likeness (QED) is 0.756. The fraction of sp³-hybridized carbons (Fsp3) is 0.143. The van der Waals surface area contributed by atoms with Crippen LogP contribution in [0, 0.1) is 17.5 Å². The second kappa shape index (κ2) is 5.97. The van der Waals surface area contributed by atoms with Gasteiger partial charge in [-0.1, -0.05) is 12.1 Å². The molecule has 0 saturated heterocycles. The zero-order chi connectivity index (χ0) is 13.8. The standard InChI is InChI=1S/C14H10ClF3O/c15-7-10-5-12(17)14(13(18)6-10)19-8-9-2-1-3-11(16)4-9/h1-6H,7-8H2. The lowest BCUT2D eigenvalue weighted by atomic mass is 10.2. The van der Waals surface area contributed by atoms with E-state index in [2.05, 4.69) is 0 Å². The van der Waals surface area contributed by atoms with Crippen molar-refractivity contribution in [2.45, 2.75) is 12.5 Å². The summed E-state index contributed by atoms with van der Waals surface area (Å²) < 4.78 is 45.1. The van der Waals surface area contributed by atoms with Crippen LogP contribution in [0.5, 0.6) is 5.75 Å².